The van der Waals surface area contributed by atoms with E-state index in [1.807, 2.05) is 19.1 Å². The number of hydrogen-bond acceptors (Lipinski definition) is 4. The molecule has 1 aromatic carbocycles. The van der Waals surface area contributed by atoms with Crippen molar-refractivity contribution in [3.8, 4) is 0 Å². The molecule has 0 saturated heterocycles. The highest BCUT2D eigenvalue weighted by Gasteiger charge is 2.33. The van der Waals surface area contributed by atoms with Gasteiger partial charge in [0.2, 0.25) is 5.91 Å². The molecule has 1 rings (SSSR count). The number of unbranched alkanes of at least 4 members (excludes halogenated alkanes) is 7. The van der Waals surface area contributed by atoms with Gasteiger partial charge in [-0.1, -0.05) is 32.1 Å². The van der Waals surface area contributed by atoms with Crippen molar-refractivity contribution in [2.24, 2.45) is 0 Å². The molecule has 6 nitrogen and oxygen atoms in total. The van der Waals surface area contributed by atoms with Gasteiger partial charge in [0.05, 0.1) is 31.8 Å². The normalized spacial score (nSPS) is 11.2. The molecule has 0 heterocycles. The predicted octanol–water partition coefficient (Wildman–Crippen LogP) is 5.72. The highest BCUT2D eigenvalue weighted by Crippen LogP contribution is 2.19. The first-order valence-corrected chi connectivity index (χ1v) is 12.3. The number of benzene rings is 1. The van der Waals surface area contributed by atoms with Crippen LogP contribution in [0.5, 0.6) is 0 Å². The first-order chi connectivity index (χ1) is 15.4. The zero-order chi connectivity index (χ0) is 23.8. The quantitative estimate of drug-likeness (QED) is 0.200. The fourth-order valence-electron chi connectivity index (χ4n) is 4.08. The van der Waals surface area contributed by atoms with Crippen molar-refractivity contribution >= 4 is 23.5 Å². The van der Waals surface area contributed by atoms with E-state index in [9.17, 15) is 14.4 Å². The third kappa shape index (κ3) is 9.94. The van der Waals surface area contributed by atoms with E-state index in [0.29, 0.717) is 28.8 Å². The Balaban J connectivity index is 2.35. The summed E-state index contributed by atoms with van der Waals surface area (Å²) in [6, 6.07) is 7.21. The summed E-state index contributed by atoms with van der Waals surface area (Å²) in [6.45, 7) is 10.4. The van der Waals surface area contributed by atoms with E-state index in [-0.39, 0.29) is 17.8 Å². The molecule has 0 aliphatic rings. The highest BCUT2D eigenvalue weighted by atomic mass is 16.5. The second-order valence-electron chi connectivity index (χ2n) is 8.45. The predicted molar refractivity (Wildman–Crippen MR) is 129 cm³/mol. The van der Waals surface area contributed by atoms with Crippen LogP contribution >= 0.6 is 0 Å². The Bertz CT molecular complexity index is 696. The molecule has 0 aliphatic heterocycles. The Hall–Kier alpha value is -2.21. The molecule has 180 valence electrons. The number of rotatable bonds is 16. The van der Waals surface area contributed by atoms with Crippen molar-refractivity contribution in [2.45, 2.75) is 85.5 Å². The van der Waals surface area contributed by atoms with Gasteiger partial charge in [0.25, 0.3) is 0 Å². The number of amides is 2. The van der Waals surface area contributed by atoms with E-state index < -0.39 is 0 Å². The van der Waals surface area contributed by atoms with Crippen LogP contribution in [-0.2, 0) is 14.3 Å². The van der Waals surface area contributed by atoms with Gasteiger partial charge in [-0.25, -0.2) is 4.79 Å². The lowest BCUT2D eigenvalue weighted by molar-refractivity contribution is -0.845. The first kappa shape index (κ1) is 27.8. The second-order valence-corrected chi connectivity index (χ2v) is 8.45. The van der Waals surface area contributed by atoms with Gasteiger partial charge in [-0.2, -0.15) is 0 Å². The number of carbonyl (C=O) groups excluding carboxylic acids is 3. The summed E-state index contributed by atoms with van der Waals surface area (Å²) in [5.74, 6) is -0.0434. The number of hydrogen-bond donors (Lipinski definition) is 1. The van der Waals surface area contributed by atoms with E-state index in [4.69, 9.17) is 4.74 Å². The lowest BCUT2D eigenvalue weighted by Crippen LogP contribution is -2.53. The van der Waals surface area contributed by atoms with Crippen LogP contribution in [0.3, 0.4) is 0 Å². The van der Waals surface area contributed by atoms with Crippen molar-refractivity contribution < 1.29 is 23.6 Å². The molecule has 0 saturated carbocycles. The summed E-state index contributed by atoms with van der Waals surface area (Å²) < 4.78 is 5.41. The van der Waals surface area contributed by atoms with Crippen LogP contribution in [0.2, 0.25) is 0 Å². The Morgan fingerprint density at radius 1 is 0.812 bits per heavy atom. The minimum atomic E-state index is -0.118. The van der Waals surface area contributed by atoms with Crippen molar-refractivity contribution in [2.75, 3.05) is 31.6 Å². The molecule has 0 spiro atoms. The van der Waals surface area contributed by atoms with Gasteiger partial charge in [-0.3, -0.25) is 14.1 Å². The molecule has 0 fully saturated rings. The zero-order valence-electron chi connectivity index (χ0n) is 20.6. The Morgan fingerprint density at radius 3 is 1.84 bits per heavy atom. The second kappa shape index (κ2) is 15.6. The number of ether oxygens (including phenoxy) is 1. The molecule has 0 radical (unpaired) electrons. The number of quaternary nitrogens is 1. The summed E-state index contributed by atoms with van der Waals surface area (Å²) >= 11 is 0. The van der Waals surface area contributed by atoms with Crippen LogP contribution in [0.1, 0.15) is 95.8 Å². The molecule has 0 atom stereocenters. The van der Waals surface area contributed by atoms with Crippen LogP contribution in [0.15, 0.2) is 24.3 Å². The van der Waals surface area contributed by atoms with E-state index in [2.05, 4.69) is 19.2 Å². The van der Waals surface area contributed by atoms with Gasteiger partial charge >= 0.3 is 11.9 Å². The smallest absolute Gasteiger partial charge is 0.345 e. The van der Waals surface area contributed by atoms with E-state index in [0.717, 1.165) is 51.7 Å². The summed E-state index contributed by atoms with van der Waals surface area (Å²) in [4.78, 5) is 35.8. The number of carbonyl (C=O) groups is 3. The summed E-state index contributed by atoms with van der Waals surface area (Å²) in [5.41, 5.74) is 1.41. The Labute approximate surface area is 194 Å². The fourth-order valence-corrected chi connectivity index (χ4v) is 4.08. The van der Waals surface area contributed by atoms with E-state index in [1.165, 1.54) is 26.2 Å². The van der Waals surface area contributed by atoms with Gasteiger partial charge < -0.3 is 10.1 Å². The van der Waals surface area contributed by atoms with Crippen LogP contribution in [-0.4, -0.2) is 48.5 Å². The molecule has 1 N–H and O–H groups in total. The standard InChI is InChI=1S/C26H42N2O4/c1-5-28(6-2,26(31)23-17-19-24(20-18-23)27-22(4)29)21-15-13-11-9-8-10-12-14-16-25(30)32-7-3/h17-20H,5-16,21H2,1-4H3/p+1. The third-order valence-corrected chi connectivity index (χ3v) is 6.12. The SMILES string of the molecule is CCOC(=O)CCCCCCCCCC[N+](CC)(CC)C(=O)c1ccc(NC(C)=O)cc1. The van der Waals surface area contributed by atoms with Crippen LogP contribution in [0.25, 0.3) is 0 Å². The maximum absolute atomic E-state index is 13.3. The number of nitrogens with zero attached hydrogens (tertiary/aromatic N) is 1. The molecule has 0 bridgehead atoms. The molecule has 0 aromatic heterocycles. The molecule has 2 amide bonds. The molecule has 0 aliphatic carbocycles. The minimum absolute atomic E-state index is 0.0841. The van der Waals surface area contributed by atoms with Crippen molar-refractivity contribution in [3.63, 3.8) is 0 Å². The summed E-state index contributed by atoms with van der Waals surface area (Å²) in [5, 5.41) is 2.74. The van der Waals surface area contributed by atoms with Gasteiger partial charge in [-0.15, -0.1) is 0 Å². The zero-order valence-corrected chi connectivity index (χ0v) is 20.6. The molecule has 32 heavy (non-hydrogen) atoms. The minimum Gasteiger partial charge on any atom is -0.466 e. The van der Waals surface area contributed by atoms with Gasteiger partial charge in [0, 0.05) is 19.0 Å². The molecule has 0 unspecified atom stereocenters. The van der Waals surface area contributed by atoms with Crippen molar-refractivity contribution in [1.82, 2.24) is 0 Å². The topological polar surface area (TPSA) is 72.5 Å². The number of nitrogens with one attached hydrogen (secondary N) is 1. The maximum Gasteiger partial charge on any atom is 0.345 e. The van der Waals surface area contributed by atoms with Crippen molar-refractivity contribution in [1.29, 1.82) is 0 Å². The van der Waals surface area contributed by atoms with Crippen LogP contribution < -0.4 is 5.32 Å². The summed E-state index contributed by atoms with van der Waals surface area (Å²) in [6.07, 6.45) is 9.46. The Morgan fingerprint density at radius 2 is 1.34 bits per heavy atom. The lowest BCUT2D eigenvalue weighted by Gasteiger charge is -2.34. The number of esters is 1. The average Bonchev–Trinajstić information content (AvgIpc) is 2.78. The van der Waals surface area contributed by atoms with Crippen molar-refractivity contribution in [3.05, 3.63) is 29.8 Å². The van der Waals surface area contributed by atoms with E-state index >= 15 is 0 Å². The first-order valence-electron chi connectivity index (χ1n) is 12.3. The molecular weight excluding hydrogens is 404 g/mol. The van der Waals surface area contributed by atoms with E-state index in [1.54, 1.807) is 12.1 Å². The maximum atomic E-state index is 13.3. The average molecular weight is 448 g/mol. The lowest BCUT2D eigenvalue weighted by atomic mass is 10.1. The summed E-state index contributed by atoms with van der Waals surface area (Å²) in [7, 11) is 0. The molecule has 6 heteroatoms. The van der Waals surface area contributed by atoms with Gasteiger partial charge in [0.1, 0.15) is 0 Å². The molecular formula is C26H43N2O4+. The van der Waals surface area contributed by atoms with Crippen LogP contribution in [0, 0.1) is 0 Å². The fraction of sp³-hybridized carbons (Fsp3) is 0.654. The third-order valence-electron chi connectivity index (χ3n) is 6.12. The number of anilines is 1. The van der Waals surface area contributed by atoms with Gasteiger partial charge in [-0.05, 0) is 64.3 Å². The molecule has 1 aromatic rings. The van der Waals surface area contributed by atoms with Crippen LogP contribution in [0.4, 0.5) is 5.69 Å². The highest BCUT2D eigenvalue weighted by molar-refractivity contribution is 5.91. The Kier molecular flexibility index (Phi) is 13.5. The largest absolute Gasteiger partial charge is 0.466 e. The monoisotopic (exact) mass is 447 g/mol. The van der Waals surface area contributed by atoms with Gasteiger partial charge in [0.15, 0.2) is 0 Å².